The molecule has 1 rings (SSSR count). The molecule has 0 bridgehead atoms. The summed E-state index contributed by atoms with van der Waals surface area (Å²) in [4.78, 5) is 14.2. The zero-order chi connectivity index (χ0) is 14.1. The number of nitrogens with zero attached hydrogens (tertiary/aromatic N) is 1. The maximum Gasteiger partial charge on any atom is 0.253 e. The number of aliphatic hydroxyl groups is 1. The first-order valence-corrected chi connectivity index (χ1v) is 6.72. The third-order valence-corrected chi connectivity index (χ3v) is 2.87. The van der Waals surface area contributed by atoms with Gasteiger partial charge in [-0.2, -0.15) is 0 Å². The highest BCUT2D eigenvalue weighted by atomic mass is 16.2. The van der Waals surface area contributed by atoms with E-state index >= 15 is 0 Å². The number of amides is 1. The molecule has 1 amide bonds. The number of rotatable bonds is 5. The van der Waals surface area contributed by atoms with E-state index in [2.05, 4.69) is 18.8 Å². The number of unbranched alkanes of at least 4 members (excludes halogenated alkanes) is 1. The van der Waals surface area contributed by atoms with E-state index in [-0.39, 0.29) is 12.5 Å². The van der Waals surface area contributed by atoms with Crippen molar-refractivity contribution >= 4 is 5.91 Å². The molecule has 3 nitrogen and oxygen atoms in total. The molecule has 0 heterocycles. The summed E-state index contributed by atoms with van der Waals surface area (Å²) >= 11 is 0. The molecule has 0 aromatic heterocycles. The van der Waals surface area contributed by atoms with Crippen LogP contribution in [0.1, 0.15) is 42.6 Å². The summed E-state index contributed by atoms with van der Waals surface area (Å²) < 4.78 is 0. The molecule has 19 heavy (non-hydrogen) atoms. The summed E-state index contributed by atoms with van der Waals surface area (Å²) in [6.07, 6.45) is 2.09. The van der Waals surface area contributed by atoms with Crippen molar-refractivity contribution in [2.24, 2.45) is 0 Å². The third kappa shape index (κ3) is 4.76. The van der Waals surface area contributed by atoms with Gasteiger partial charge in [-0.25, -0.2) is 0 Å². The number of hydrogen-bond donors (Lipinski definition) is 1. The number of benzene rings is 1. The Balaban J connectivity index is 2.85. The lowest BCUT2D eigenvalue weighted by atomic mass is 10.1. The molecule has 0 aliphatic carbocycles. The minimum absolute atomic E-state index is 0.0450. The van der Waals surface area contributed by atoms with E-state index in [0.717, 1.165) is 24.9 Å². The van der Waals surface area contributed by atoms with Gasteiger partial charge in [0, 0.05) is 24.2 Å². The molecule has 0 atom stereocenters. The Morgan fingerprint density at radius 2 is 2.16 bits per heavy atom. The Bertz CT molecular complexity index is 471. The van der Waals surface area contributed by atoms with Crippen molar-refractivity contribution in [1.29, 1.82) is 0 Å². The van der Waals surface area contributed by atoms with Crippen molar-refractivity contribution in [2.45, 2.75) is 26.7 Å². The van der Waals surface area contributed by atoms with Gasteiger partial charge in [-0.05, 0) is 31.5 Å². The van der Waals surface area contributed by atoms with Gasteiger partial charge in [0.2, 0.25) is 0 Å². The second kappa shape index (κ2) is 8.34. The Hall–Kier alpha value is -1.79. The maximum atomic E-state index is 12.3. The van der Waals surface area contributed by atoms with Crippen molar-refractivity contribution in [3.05, 3.63) is 35.4 Å². The molecule has 0 spiro atoms. The van der Waals surface area contributed by atoms with Crippen LogP contribution in [-0.4, -0.2) is 35.6 Å². The Kier molecular flexibility index (Phi) is 6.70. The summed E-state index contributed by atoms with van der Waals surface area (Å²) in [7, 11) is 0. The molecule has 102 valence electrons. The first-order chi connectivity index (χ1) is 9.22. The Morgan fingerprint density at radius 1 is 1.37 bits per heavy atom. The zero-order valence-corrected chi connectivity index (χ0v) is 11.6. The summed E-state index contributed by atoms with van der Waals surface area (Å²) in [5.74, 6) is 5.45. The fourth-order valence-electron chi connectivity index (χ4n) is 1.81. The smallest absolute Gasteiger partial charge is 0.253 e. The standard InChI is InChI=1S/C16H21NO2/c1-3-5-11-17(4-2)16(19)15-10-6-8-14(13-15)9-7-12-18/h6,8,10,13,18H,3-5,11-12H2,1-2H3. The third-order valence-electron chi connectivity index (χ3n) is 2.87. The minimum Gasteiger partial charge on any atom is -0.384 e. The van der Waals surface area contributed by atoms with Crippen LogP contribution in [0.3, 0.4) is 0 Å². The number of carbonyl (C=O) groups is 1. The predicted octanol–water partition coefficient (Wildman–Crippen LogP) is 2.29. The molecule has 0 aliphatic heterocycles. The monoisotopic (exact) mass is 259 g/mol. The molecular weight excluding hydrogens is 238 g/mol. The van der Waals surface area contributed by atoms with Gasteiger partial charge < -0.3 is 10.0 Å². The van der Waals surface area contributed by atoms with Gasteiger partial charge in [-0.1, -0.05) is 31.3 Å². The van der Waals surface area contributed by atoms with Crippen LogP contribution in [-0.2, 0) is 0 Å². The largest absolute Gasteiger partial charge is 0.384 e. The topological polar surface area (TPSA) is 40.5 Å². The second-order valence-corrected chi connectivity index (χ2v) is 4.28. The predicted molar refractivity (Wildman–Crippen MR) is 76.9 cm³/mol. The van der Waals surface area contributed by atoms with Gasteiger partial charge >= 0.3 is 0 Å². The van der Waals surface area contributed by atoms with Crippen molar-refractivity contribution in [1.82, 2.24) is 4.90 Å². The summed E-state index contributed by atoms with van der Waals surface area (Å²) in [5.41, 5.74) is 1.41. The van der Waals surface area contributed by atoms with E-state index in [1.807, 2.05) is 24.0 Å². The molecule has 0 unspecified atom stereocenters. The first kappa shape index (κ1) is 15.3. The molecule has 1 aromatic carbocycles. The molecule has 0 saturated heterocycles. The van der Waals surface area contributed by atoms with E-state index in [1.54, 1.807) is 12.1 Å². The lowest BCUT2D eigenvalue weighted by Crippen LogP contribution is -2.31. The van der Waals surface area contributed by atoms with Gasteiger partial charge in [-0.3, -0.25) is 4.79 Å². The fraction of sp³-hybridized carbons (Fsp3) is 0.438. The summed E-state index contributed by atoms with van der Waals surface area (Å²) in [5, 5.41) is 8.68. The van der Waals surface area contributed by atoms with Crippen molar-refractivity contribution < 1.29 is 9.90 Å². The van der Waals surface area contributed by atoms with E-state index < -0.39 is 0 Å². The first-order valence-electron chi connectivity index (χ1n) is 6.72. The molecule has 0 radical (unpaired) electrons. The van der Waals surface area contributed by atoms with E-state index in [1.165, 1.54) is 0 Å². The lowest BCUT2D eigenvalue weighted by molar-refractivity contribution is 0.0762. The second-order valence-electron chi connectivity index (χ2n) is 4.28. The Morgan fingerprint density at radius 3 is 2.79 bits per heavy atom. The summed E-state index contributed by atoms with van der Waals surface area (Å²) in [6, 6.07) is 7.24. The van der Waals surface area contributed by atoms with Crippen LogP contribution in [0.15, 0.2) is 24.3 Å². The van der Waals surface area contributed by atoms with Crippen LogP contribution < -0.4 is 0 Å². The van der Waals surface area contributed by atoms with E-state index in [4.69, 9.17) is 5.11 Å². The normalized spacial score (nSPS) is 9.63. The average molecular weight is 259 g/mol. The highest BCUT2D eigenvalue weighted by Crippen LogP contribution is 2.09. The number of hydrogen-bond acceptors (Lipinski definition) is 2. The van der Waals surface area contributed by atoms with Gasteiger partial charge in [0.1, 0.15) is 6.61 Å². The molecule has 0 fully saturated rings. The molecule has 0 saturated carbocycles. The van der Waals surface area contributed by atoms with E-state index in [0.29, 0.717) is 12.1 Å². The van der Waals surface area contributed by atoms with Gasteiger partial charge in [0.15, 0.2) is 0 Å². The van der Waals surface area contributed by atoms with Crippen LogP contribution in [0.2, 0.25) is 0 Å². The Labute approximate surface area is 115 Å². The summed E-state index contributed by atoms with van der Waals surface area (Å²) in [6.45, 7) is 5.44. The average Bonchev–Trinajstić information content (AvgIpc) is 2.46. The SMILES string of the molecule is CCCCN(CC)C(=O)c1cccc(C#CCO)c1. The quantitative estimate of drug-likeness (QED) is 0.824. The molecular formula is C16H21NO2. The highest BCUT2D eigenvalue weighted by molar-refractivity contribution is 5.94. The fourth-order valence-corrected chi connectivity index (χ4v) is 1.81. The van der Waals surface area contributed by atoms with Crippen molar-refractivity contribution in [3.8, 4) is 11.8 Å². The van der Waals surface area contributed by atoms with Crippen molar-refractivity contribution in [3.63, 3.8) is 0 Å². The van der Waals surface area contributed by atoms with Crippen LogP contribution >= 0.6 is 0 Å². The zero-order valence-electron chi connectivity index (χ0n) is 11.6. The van der Waals surface area contributed by atoms with Crippen LogP contribution in [0.25, 0.3) is 0 Å². The molecule has 3 heteroatoms. The van der Waals surface area contributed by atoms with E-state index in [9.17, 15) is 4.79 Å². The number of aliphatic hydroxyl groups excluding tert-OH is 1. The van der Waals surface area contributed by atoms with Gasteiger partial charge in [0.05, 0.1) is 0 Å². The van der Waals surface area contributed by atoms with Crippen LogP contribution in [0, 0.1) is 11.8 Å². The highest BCUT2D eigenvalue weighted by Gasteiger charge is 2.13. The molecule has 1 N–H and O–H groups in total. The maximum absolute atomic E-state index is 12.3. The van der Waals surface area contributed by atoms with Gasteiger partial charge in [0.25, 0.3) is 5.91 Å². The van der Waals surface area contributed by atoms with Crippen LogP contribution in [0.4, 0.5) is 0 Å². The lowest BCUT2D eigenvalue weighted by Gasteiger charge is -2.20. The van der Waals surface area contributed by atoms with Crippen molar-refractivity contribution in [2.75, 3.05) is 19.7 Å². The molecule has 0 aliphatic rings. The molecule has 1 aromatic rings. The minimum atomic E-state index is -0.171. The van der Waals surface area contributed by atoms with Crippen LogP contribution in [0.5, 0.6) is 0 Å². The number of carbonyl (C=O) groups excluding carboxylic acids is 1. The van der Waals surface area contributed by atoms with Gasteiger partial charge in [-0.15, -0.1) is 0 Å².